The second-order valence-corrected chi connectivity index (χ2v) is 5.91. The Labute approximate surface area is 136 Å². The Kier molecular flexibility index (Phi) is 8.72. The molecule has 0 bridgehead atoms. The second-order valence-electron chi connectivity index (χ2n) is 5.00. The highest BCUT2D eigenvalue weighted by atomic mass is 79.9. The molecule has 1 atom stereocenters. The molecule has 1 nitrogen and oxygen atoms in total. The first-order chi connectivity index (χ1) is 10.1. The number of aliphatic hydroxyl groups is 1. The van der Waals surface area contributed by atoms with E-state index in [9.17, 15) is 5.11 Å². The molecular weight excluding hydrogens is 324 g/mol. The Hall–Kier alpha value is -1.38. The lowest BCUT2D eigenvalue weighted by Crippen LogP contribution is -2.06. The van der Waals surface area contributed by atoms with Crippen molar-refractivity contribution in [3.8, 4) is 0 Å². The summed E-state index contributed by atoms with van der Waals surface area (Å²) in [7, 11) is 0. The van der Waals surface area contributed by atoms with Crippen LogP contribution in [-0.2, 0) is 6.42 Å². The number of hydrogen-bond donors (Lipinski definition) is 1. The van der Waals surface area contributed by atoms with Gasteiger partial charge in [-0.1, -0.05) is 70.0 Å². The number of halogens is 1. The van der Waals surface area contributed by atoms with Gasteiger partial charge in [-0.3, -0.25) is 0 Å². The molecule has 0 aliphatic rings. The van der Waals surface area contributed by atoms with E-state index in [0.29, 0.717) is 6.42 Å². The van der Waals surface area contributed by atoms with Crippen LogP contribution >= 0.6 is 15.9 Å². The first-order valence-corrected chi connectivity index (χ1v) is 7.96. The van der Waals surface area contributed by atoms with Crippen molar-refractivity contribution in [2.24, 2.45) is 0 Å². The molecule has 1 N–H and O–H groups in total. The number of benzene rings is 2. The lowest BCUT2D eigenvalue weighted by atomic mass is 10.0. The predicted molar refractivity (Wildman–Crippen MR) is 94.5 cm³/mol. The summed E-state index contributed by atoms with van der Waals surface area (Å²) in [5.74, 6) is 0. The summed E-state index contributed by atoms with van der Waals surface area (Å²) < 4.78 is 1.13. The van der Waals surface area contributed by atoms with Crippen molar-refractivity contribution in [3.63, 3.8) is 0 Å². The third-order valence-electron chi connectivity index (χ3n) is 3.06. The van der Waals surface area contributed by atoms with E-state index in [2.05, 4.69) is 53.7 Å². The van der Waals surface area contributed by atoms with E-state index >= 15 is 0 Å². The molecule has 21 heavy (non-hydrogen) atoms. The number of hydrogen-bond acceptors (Lipinski definition) is 1. The van der Waals surface area contributed by atoms with Crippen molar-refractivity contribution in [1.82, 2.24) is 0 Å². The summed E-state index contributed by atoms with van der Waals surface area (Å²) in [6.07, 6.45) is 3.96. The molecule has 0 heterocycles. The largest absolute Gasteiger partial charge is 0.393 e. The molecule has 2 rings (SSSR count). The van der Waals surface area contributed by atoms with Gasteiger partial charge < -0.3 is 5.11 Å². The Morgan fingerprint density at radius 1 is 1.10 bits per heavy atom. The minimum atomic E-state index is -0.242. The van der Waals surface area contributed by atoms with Crippen LogP contribution in [0.3, 0.4) is 0 Å². The predicted octanol–water partition coefficient (Wildman–Crippen LogP) is 5.31. The highest BCUT2D eigenvalue weighted by molar-refractivity contribution is 9.10. The first kappa shape index (κ1) is 17.7. The normalized spacial score (nSPS) is 11.2. The van der Waals surface area contributed by atoms with Gasteiger partial charge in [0.15, 0.2) is 0 Å². The molecule has 0 saturated carbocycles. The molecule has 1 unspecified atom stereocenters. The molecule has 112 valence electrons. The SMILES string of the molecule is Brc1ccccc1.C=CCC(O)CCc1ccc(C)cc1. The van der Waals surface area contributed by atoms with E-state index < -0.39 is 0 Å². The fourth-order valence-electron chi connectivity index (χ4n) is 1.81. The smallest absolute Gasteiger partial charge is 0.0577 e. The number of aryl methyl sites for hydroxylation is 2. The number of rotatable bonds is 5. The molecule has 0 aromatic heterocycles. The lowest BCUT2D eigenvalue weighted by Gasteiger charge is -2.07. The first-order valence-electron chi connectivity index (χ1n) is 7.17. The molecule has 2 aromatic carbocycles. The second kappa shape index (κ2) is 10.4. The monoisotopic (exact) mass is 346 g/mol. The Balaban J connectivity index is 0.000000262. The molecule has 0 saturated heterocycles. The molecule has 0 aliphatic carbocycles. The molecule has 2 heteroatoms. The third kappa shape index (κ3) is 8.49. The van der Waals surface area contributed by atoms with Gasteiger partial charge in [-0.2, -0.15) is 0 Å². The summed E-state index contributed by atoms with van der Waals surface area (Å²) in [4.78, 5) is 0. The van der Waals surface area contributed by atoms with Gasteiger partial charge in [0.05, 0.1) is 6.10 Å². The maximum atomic E-state index is 9.49. The van der Waals surface area contributed by atoms with E-state index in [1.165, 1.54) is 11.1 Å². The zero-order valence-corrected chi connectivity index (χ0v) is 14.1. The van der Waals surface area contributed by atoms with Crippen molar-refractivity contribution in [2.45, 2.75) is 32.3 Å². The topological polar surface area (TPSA) is 20.2 Å². The minimum Gasteiger partial charge on any atom is -0.393 e. The summed E-state index contributed by atoms with van der Waals surface area (Å²) >= 11 is 3.31. The van der Waals surface area contributed by atoms with Gasteiger partial charge >= 0.3 is 0 Å². The van der Waals surface area contributed by atoms with Gasteiger partial charge in [-0.25, -0.2) is 0 Å². The van der Waals surface area contributed by atoms with Crippen LogP contribution < -0.4 is 0 Å². The highest BCUT2D eigenvalue weighted by Crippen LogP contribution is 2.09. The Morgan fingerprint density at radius 2 is 1.71 bits per heavy atom. The van der Waals surface area contributed by atoms with Crippen LogP contribution in [-0.4, -0.2) is 11.2 Å². The van der Waals surface area contributed by atoms with Crippen LogP contribution in [0.15, 0.2) is 71.7 Å². The fourth-order valence-corrected chi connectivity index (χ4v) is 2.12. The minimum absolute atomic E-state index is 0.242. The van der Waals surface area contributed by atoms with Crippen LogP contribution in [0.25, 0.3) is 0 Å². The fraction of sp³-hybridized carbons (Fsp3) is 0.263. The molecule has 2 aromatic rings. The van der Waals surface area contributed by atoms with Gasteiger partial charge in [0, 0.05) is 4.47 Å². The van der Waals surface area contributed by atoms with Gasteiger partial charge in [-0.05, 0) is 43.9 Å². The van der Waals surface area contributed by atoms with Gasteiger partial charge in [0.1, 0.15) is 0 Å². The molecule has 0 aliphatic heterocycles. The van der Waals surface area contributed by atoms with Crippen LogP contribution in [0, 0.1) is 6.92 Å². The van der Waals surface area contributed by atoms with Crippen molar-refractivity contribution in [2.75, 3.05) is 0 Å². The van der Waals surface area contributed by atoms with E-state index in [1.807, 2.05) is 30.3 Å². The van der Waals surface area contributed by atoms with Crippen molar-refractivity contribution in [1.29, 1.82) is 0 Å². The van der Waals surface area contributed by atoms with E-state index in [1.54, 1.807) is 6.08 Å². The lowest BCUT2D eigenvalue weighted by molar-refractivity contribution is 0.168. The summed E-state index contributed by atoms with van der Waals surface area (Å²) in [5.41, 5.74) is 2.57. The van der Waals surface area contributed by atoms with Crippen LogP contribution in [0.4, 0.5) is 0 Å². The maximum Gasteiger partial charge on any atom is 0.0577 e. The average Bonchev–Trinajstić information content (AvgIpc) is 2.48. The van der Waals surface area contributed by atoms with E-state index in [4.69, 9.17) is 0 Å². The average molecular weight is 347 g/mol. The summed E-state index contributed by atoms with van der Waals surface area (Å²) in [6, 6.07) is 18.4. The summed E-state index contributed by atoms with van der Waals surface area (Å²) in [5, 5.41) is 9.49. The number of aliphatic hydroxyl groups excluding tert-OH is 1. The van der Waals surface area contributed by atoms with Crippen molar-refractivity contribution >= 4 is 15.9 Å². The van der Waals surface area contributed by atoms with E-state index in [-0.39, 0.29) is 6.10 Å². The highest BCUT2D eigenvalue weighted by Gasteiger charge is 2.01. The standard InChI is InChI=1S/C13H18O.C6H5Br/c1-3-4-13(14)10-9-12-7-5-11(2)6-8-12;7-6-4-2-1-3-5-6/h3,5-8,13-14H,1,4,9-10H2,2H3;1-5H. The molecule has 0 spiro atoms. The van der Waals surface area contributed by atoms with Gasteiger partial charge in [0.2, 0.25) is 0 Å². The Morgan fingerprint density at radius 3 is 2.19 bits per heavy atom. The third-order valence-corrected chi connectivity index (χ3v) is 3.59. The molecule has 0 radical (unpaired) electrons. The zero-order valence-electron chi connectivity index (χ0n) is 12.5. The maximum absolute atomic E-state index is 9.49. The van der Waals surface area contributed by atoms with Crippen LogP contribution in [0.2, 0.25) is 0 Å². The Bertz CT molecular complexity index is 505. The van der Waals surface area contributed by atoms with E-state index in [0.717, 1.165) is 17.3 Å². The van der Waals surface area contributed by atoms with Crippen LogP contribution in [0.5, 0.6) is 0 Å². The quantitative estimate of drug-likeness (QED) is 0.727. The molecular formula is C19H23BrO. The van der Waals surface area contributed by atoms with Crippen LogP contribution in [0.1, 0.15) is 24.0 Å². The molecule has 0 amide bonds. The van der Waals surface area contributed by atoms with Gasteiger partial charge in [-0.15, -0.1) is 6.58 Å². The van der Waals surface area contributed by atoms with Crippen molar-refractivity contribution < 1.29 is 5.11 Å². The zero-order chi connectivity index (χ0) is 15.5. The molecule has 0 fully saturated rings. The summed E-state index contributed by atoms with van der Waals surface area (Å²) in [6.45, 7) is 5.69. The van der Waals surface area contributed by atoms with Crippen molar-refractivity contribution in [3.05, 3.63) is 82.9 Å². The van der Waals surface area contributed by atoms with Gasteiger partial charge in [0.25, 0.3) is 0 Å².